The van der Waals surface area contributed by atoms with E-state index in [1.807, 2.05) is 0 Å². The summed E-state index contributed by atoms with van der Waals surface area (Å²) < 4.78 is 56.2. The summed E-state index contributed by atoms with van der Waals surface area (Å²) in [4.78, 5) is 23.2. The summed E-state index contributed by atoms with van der Waals surface area (Å²) in [6, 6.07) is 10.2. The first-order valence-corrected chi connectivity index (χ1v) is 11.1. The number of carbonyl (C=O) groups excluding carboxylic acids is 1. The molecule has 4 rings (SSSR count). The number of piperidine rings is 1. The van der Waals surface area contributed by atoms with Crippen LogP contribution >= 0.6 is 0 Å². The minimum atomic E-state index is -3.39. The molecule has 0 spiro atoms. The molecular weight excluding hydrogens is 460 g/mol. The van der Waals surface area contributed by atoms with Gasteiger partial charge in [0.25, 0.3) is 11.8 Å². The third kappa shape index (κ3) is 5.02. The molecule has 0 N–H and O–H groups in total. The van der Waals surface area contributed by atoms with Gasteiger partial charge in [0, 0.05) is 55.3 Å². The molecule has 1 aliphatic heterocycles. The number of hydrogen-bond acceptors (Lipinski definition) is 4. The Kier molecular flexibility index (Phi) is 6.57. The lowest BCUT2D eigenvalue weighted by Crippen LogP contribution is -2.44. The van der Waals surface area contributed by atoms with Crippen LogP contribution in [0, 0.1) is 28.4 Å². The minimum Gasteiger partial charge on any atom is -0.338 e. The second-order valence-corrected chi connectivity index (χ2v) is 8.80. The molecule has 3 heterocycles. The van der Waals surface area contributed by atoms with Gasteiger partial charge in [-0.1, -0.05) is 0 Å². The molecule has 1 aliphatic rings. The molecule has 9 heteroatoms. The molecule has 3 aromatic rings. The highest BCUT2D eigenvalue weighted by atomic mass is 19.3. The Bertz CT molecular complexity index is 1250. The van der Waals surface area contributed by atoms with Crippen molar-refractivity contribution < 1.29 is 22.4 Å². The number of benzene rings is 1. The summed E-state index contributed by atoms with van der Waals surface area (Å²) in [6.07, 6.45) is 4.90. The first kappa shape index (κ1) is 24.3. The van der Waals surface area contributed by atoms with Crippen molar-refractivity contribution in [2.45, 2.75) is 32.1 Å². The Balaban J connectivity index is 1.52. The molecular formula is C26H22F4N4O. The van der Waals surface area contributed by atoms with Crippen molar-refractivity contribution in [3.05, 3.63) is 83.3 Å². The summed E-state index contributed by atoms with van der Waals surface area (Å²) in [6.45, 7) is 0.962. The first-order chi connectivity index (χ1) is 16.6. The number of pyridine rings is 2. The van der Waals surface area contributed by atoms with Crippen molar-refractivity contribution >= 4 is 5.91 Å². The summed E-state index contributed by atoms with van der Waals surface area (Å²) in [5.74, 6) is -5.86. The number of rotatable bonds is 5. The number of likely N-dealkylation sites (tertiary alicyclic amines) is 1. The van der Waals surface area contributed by atoms with Gasteiger partial charge >= 0.3 is 0 Å². The van der Waals surface area contributed by atoms with Crippen molar-refractivity contribution in [2.75, 3.05) is 13.1 Å². The van der Waals surface area contributed by atoms with Crippen molar-refractivity contribution in [3.63, 3.8) is 0 Å². The highest BCUT2D eigenvalue weighted by Crippen LogP contribution is 2.38. The van der Waals surface area contributed by atoms with Crippen molar-refractivity contribution in [3.8, 4) is 17.3 Å². The van der Waals surface area contributed by atoms with Gasteiger partial charge in [0.05, 0.1) is 22.7 Å². The lowest BCUT2D eigenvalue weighted by Gasteiger charge is -2.37. The maximum atomic E-state index is 14.6. The molecule has 2 aromatic heterocycles. The van der Waals surface area contributed by atoms with Crippen LogP contribution in [0.5, 0.6) is 0 Å². The van der Waals surface area contributed by atoms with Crippen LogP contribution in [0.4, 0.5) is 17.6 Å². The Hall–Kier alpha value is -3.80. The Labute approximate surface area is 200 Å². The van der Waals surface area contributed by atoms with Gasteiger partial charge in [-0.2, -0.15) is 5.26 Å². The molecule has 1 fully saturated rings. The Morgan fingerprint density at radius 1 is 1.11 bits per heavy atom. The predicted octanol–water partition coefficient (Wildman–Crippen LogP) is 5.52. The van der Waals surface area contributed by atoms with Crippen molar-refractivity contribution in [2.24, 2.45) is 5.41 Å². The maximum absolute atomic E-state index is 14.6. The lowest BCUT2D eigenvalue weighted by atomic mass is 9.74. The molecule has 0 saturated carbocycles. The van der Waals surface area contributed by atoms with E-state index in [1.165, 1.54) is 0 Å². The zero-order valence-corrected chi connectivity index (χ0v) is 18.9. The molecule has 1 amide bonds. The topological polar surface area (TPSA) is 69.9 Å². The molecule has 1 saturated heterocycles. The van der Waals surface area contributed by atoms with Gasteiger partial charge in [0.2, 0.25) is 0 Å². The largest absolute Gasteiger partial charge is 0.338 e. The van der Waals surface area contributed by atoms with E-state index in [1.54, 1.807) is 47.8 Å². The molecule has 1 aromatic carbocycles. The zero-order valence-electron chi connectivity index (χ0n) is 18.9. The molecule has 0 aliphatic carbocycles. The third-order valence-corrected chi connectivity index (χ3v) is 6.40. The van der Waals surface area contributed by atoms with E-state index >= 15 is 0 Å². The van der Waals surface area contributed by atoms with E-state index in [-0.39, 0.29) is 38.3 Å². The second-order valence-electron chi connectivity index (χ2n) is 8.80. The molecule has 35 heavy (non-hydrogen) atoms. The van der Waals surface area contributed by atoms with Crippen molar-refractivity contribution in [1.82, 2.24) is 14.9 Å². The SMILES string of the molecule is CC(F)(F)c1cc(F)c(CC2(C#N)CCN(C(=O)c3cccnc3-c3ccncc3)CC2)c(F)c1. The number of aromatic nitrogens is 2. The van der Waals surface area contributed by atoms with Crippen LogP contribution in [0.1, 0.15) is 41.3 Å². The monoisotopic (exact) mass is 482 g/mol. The average Bonchev–Trinajstić information content (AvgIpc) is 2.86. The number of hydrogen-bond donors (Lipinski definition) is 0. The van der Waals surface area contributed by atoms with E-state index in [0.717, 1.165) is 5.56 Å². The van der Waals surface area contributed by atoms with E-state index in [4.69, 9.17) is 0 Å². The van der Waals surface area contributed by atoms with Crippen LogP contribution in [-0.2, 0) is 12.3 Å². The average molecular weight is 482 g/mol. The number of alkyl halides is 2. The number of amides is 1. The fraction of sp³-hybridized carbons (Fsp3) is 0.308. The lowest BCUT2D eigenvalue weighted by molar-refractivity contribution is 0.0167. The van der Waals surface area contributed by atoms with Gasteiger partial charge in [-0.25, -0.2) is 17.6 Å². The minimum absolute atomic E-state index is 0.185. The molecule has 0 unspecified atom stereocenters. The Morgan fingerprint density at radius 2 is 1.74 bits per heavy atom. The second kappa shape index (κ2) is 9.45. The van der Waals surface area contributed by atoms with Gasteiger partial charge in [0.15, 0.2) is 0 Å². The molecule has 0 bridgehead atoms. The maximum Gasteiger partial charge on any atom is 0.270 e. The van der Waals surface area contributed by atoms with Gasteiger partial charge < -0.3 is 4.90 Å². The number of nitriles is 1. The molecule has 180 valence electrons. The number of carbonyl (C=O) groups is 1. The molecule has 0 atom stereocenters. The van der Waals surface area contributed by atoms with Crippen LogP contribution in [0.3, 0.4) is 0 Å². The zero-order chi connectivity index (χ0) is 25.2. The summed E-state index contributed by atoms with van der Waals surface area (Å²) in [5, 5.41) is 9.87. The van der Waals surface area contributed by atoms with Gasteiger partial charge in [-0.15, -0.1) is 0 Å². The van der Waals surface area contributed by atoms with Gasteiger partial charge in [0.1, 0.15) is 11.6 Å². The van der Waals surface area contributed by atoms with Crippen LogP contribution in [-0.4, -0.2) is 33.9 Å². The van der Waals surface area contributed by atoms with Gasteiger partial charge in [-0.3, -0.25) is 14.8 Å². The quantitative estimate of drug-likeness (QED) is 0.449. The predicted molar refractivity (Wildman–Crippen MR) is 120 cm³/mol. The van der Waals surface area contributed by atoms with Gasteiger partial charge in [-0.05, 0) is 55.7 Å². The smallest absolute Gasteiger partial charge is 0.270 e. The normalized spacial score (nSPS) is 15.5. The van der Waals surface area contributed by atoms with Crippen molar-refractivity contribution in [1.29, 1.82) is 5.26 Å². The summed E-state index contributed by atoms with van der Waals surface area (Å²) in [7, 11) is 0. The molecule has 5 nitrogen and oxygen atoms in total. The van der Waals surface area contributed by atoms with Crippen LogP contribution in [0.25, 0.3) is 11.3 Å². The van der Waals surface area contributed by atoms with E-state index < -0.39 is 34.1 Å². The fourth-order valence-corrected chi connectivity index (χ4v) is 4.32. The highest BCUT2D eigenvalue weighted by Gasteiger charge is 2.39. The first-order valence-electron chi connectivity index (χ1n) is 11.1. The number of nitrogens with zero attached hydrogens (tertiary/aromatic N) is 4. The highest BCUT2D eigenvalue weighted by molar-refractivity contribution is 5.99. The van der Waals surface area contributed by atoms with Crippen LogP contribution in [0.15, 0.2) is 55.0 Å². The summed E-state index contributed by atoms with van der Waals surface area (Å²) in [5.41, 5.74) is -0.641. The number of halogens is 4. The summed E-state index contributed by atoms with van der Waals surface area (Å²) >= 11 is 0. The molecule has 0 radical (unpaired) electrons. The van der Waals surface area contributed by atoms with E-state index in [0.29, 0.717) is 30.3 Å². The third-order valence-electron chi connectivity index (χ3n) is 6.40. The Morgan fingerprint density at radius 3 is 2.31 bits per heavy atom. The standard InChI is InChI=1S/C26H22F4N4O/c1-25(29,30)18-13-21(27)20(22(28)14-18)15-26(16-31)6-11-34(12-7-26)24(35)19-3-2-8-33-23(19)17-4-9-32-10-5-17/h2-5,8-10,13-14H,6-7,11-12,15H2,1H3. The van der Waals surface area contributed by atoms with Crippen LogP contribution < -0.4 is 0 Å². The fourth-order valence-electron chi connectivity index (χ4n) is 4.32. The van der Waals surface area contributed by atoms with E-state index in [9.17, 15) is 27.6 Å². The van der Waals surface area contributed by atoms with Crippen LogP contribution in [0.2, 0.25) is 0 Å². The van der Waals surface area contributed by atoms with E-state index in [2.05, 4.69) is 16.0 Å².